The first kappa shape index (κ1) is 30.5. The van der Waals surface area contributed by atoms with Crippen molar-refractivity contribution < 1.29 is 4.42 Å². The second-order valence-corrected chi connectivity index (χ2v) is 14.1. The first-order valence-corrected chi connectivity index (χ1v) is 18.5. The van der Waals surface area contributed by atoms with Gasteiger partial charge in [-0.2, -0.15) is 0 Å². The van der Waals surface area contributed by atoms with Crippen molar-refractivity contribution in [2.75, 3.05) is 4.90 Å². The Hall–Kier alpha value is -7.16. The number of nitrogens with zero attached hydrogens (tertiary/aromatic N) is 1. The standard InChI is InChI=1S/C52H33NO/c1-2-9-34(10-3-1)40-13-8-14-43(31-40)53(44-28-29-47-50(33-44)54-49-30-25-37-12-5-7-16-46(37)52(47)49)42-26-23-35(24-27-42)41-22-19-38-18-21-39-20-17-36-11-4-6-15-45(36)51(39)48(38)32-41/h1-33H. The van der Waals surface area contributed by atoms with E-state index in [4.69, 9.17) is 4.42 Å². The second kappa shape index (κ2) is 12.2. The highest BCUT2D eigenvalue weighted by atomic mass is 16.3. The van der Waals surface area contributed by atoms with Gasteiger partial charge in [0, 0.05) is 33.9 Å². The molecule has 0 radical (unpaired) electrons. The highest BCUT2D eigenvalue weighted by molar-refractivity contribution is 6.21. The minimum atomic E-state index is 0.871. The molecule has 54 heavy (non-hydrogen) atoms. The molecule has 2 nitrogen and oxygen atoms in total. The molecule has 10 aromatic carbocycles. The Morgan fingerprint density at radius 3 is 1.63 bits per heavy atom. The highest BCUT2D eigenvalue weighted by Gasteiger charge is 2.18. The van der Waals surface area contributed by atoms with E-state index >= 15 is 0 Å². The third kappa shape index (κ3) is 4.96. The summed E-state index contributed by atoms with van der Waals surface area (Å²) in [5.41, 5.74) is 9.69. The Balaban J connectivity index is 1.05. The molecule has 0 aliphatic rings. The fourth-order valence-electron chi connectivity index (χ4n) is 8.38. The van der Waals surface area contributed by atoms with E-state index in [1.54, 1.807) is 0 Å². The highest BCUT2D eigenvalue weighted by Crippen LogP contribution is 2.42. The molecule has 11 rings (SSSR count). The van der Waals surface area contributed by atoms with Gasteiger partial charge in [-0.3, -0.25) is 0 Å². The van der Waals surface area contributed by atoms with Crippen LogP contribution >= 0.6 is 0 Å². The number of furan rings is 1. The van der Waals surface area contributed by atoms with Crippen LogP contribution in [0.1, 0.15) is 0 Å². The molecule has 0 N–H and O–H groups in total. The number of hydrogen-bond acceptors (Lipinski definition) is 2. The van der Waals surface area contributed by atoms with Gasteiger partial charge in [-0.25, -0.2) is 0 Å². The molecular formula is C52H33NO. The average molecular weight is 688 g/mol. The van der Waals surface area contributed by atoms with E-state index in [1.807, 2.05) is 0 Å². The fourth-order valence-corrected chi connectivity index (χ4v) is 8.38. The van der Waals surface area contributed by atoms with E-state index in [2.05, 4.69) is 205 Å². The maximum absolute atomic E-state index is 6.56. The van der Waals surface area contributed by atoms with Crippen molar-refractivity contribution in [3.63, 3.8) is 0 Å². The van der Waals surface area contributed by atoms with Crippen LogP contribution in [0.5, 0.6) is 0 Å². The van der Waals surface area contributed by atoms with E-state index in [-0.39, 0.29) is 0 Å². The molecule has 0 amide bonds. The molecule has 11 aromatic rings. The van der Waals surface area contributed by atoms with Crippen LogP contribution in [0.4, 0.5) is 17.1 Å². The molecule has 2 heteroatoms. The number of hydrogen-bond donors (Lipinski definition) is 0. The molecule has 0 saturated heterocycles. The van der Waals surface area contributed by atoms with Crippen LogP contribution in [-0.2, 0) is 0 Å². The third-order valence-electron chi connectivity index (χ3n) is 11.0. The summed E-state index contributed by atoms with van der Waals surface area (Å²) >= 11 is 0. The first-order chi connectivity index (χ1) is 26.7. The molecule has 0 aliphatic heterocycles. The second-order valence-electron chi connectivity index (χ2n) is 14.1. The molecule has 1 heterocycles. The quantitative estimate of drug-likeness (QED) is 0.168. The lowest BCUT2D eigenvalue weighted by Crippen LogP contribution is -2.10. The van der Waals surface area contributed by atoms with Gasteiger partial charge in [-0.1, -0.05) is 146 Å². The maximum atomic E-state index is 6.56. The van der Waals surface area contributed by atoms with Gasteiger partial charge < -0.3 is 9.32 Å². The fraction of sp³-hybridized carbons (Fsp3) is 0. The van der Waals surface area contributed by atoms with Crippen molar-refractivity contribution in [2.45, 2.75) is 0 Å². The molecule has 0 aliphatic carbocycles. The lowest BCUT2D eigenvalue weighted by molar-refractivity contribution is 0.669. The van der Waals surface area contributed by atoms with Crippen LogP contribution in [-0.4, -0.2) is 0 Å². The molecule has 0 bridgehead atoms. The summed E-state index contributed by atoms with van der Waals surface area (Å²) < 4.78 is 6.56. The molecule has 0 atom stereocenters. The smallest absolute Gasteiger partial charge is 0.137 e. The predicted molar refractivity (Wildman–Crippen MR) is 229 cm³/mol. The van der Waals surface area contributed by atoms with E-state index in [9.17, 15) is 0 Å². The molecular weight excluding hydrogens is 655 g/mol. The van der Waals surface area contributed by atoms with Gasteiger partial charge in [0.15, 0.2) is 0 Å². The molecule has 0 unspecified atom stereocenters. The van der Waals surface area contributed by atoms with Crippen LogP contribution < -0.4 is 4.90 Å². The lowest BCUT2D eigenvalue weighted by Gasteiger charge is -2.26. The SMILES string of the molecule is c1ccc(-c2cccc(N(c3ccc(-c4ccc5ccc6ccc7ccccc7c6c5c4)cc3)c3ccc4c(c3)oc3ccc5ccccc5c34)c2)cc1. The van der Waals surface area contributed by atoms with Gasteiger partial charge in [0.2, 0.25) is 0 Å². The van der Waals surface area contributed by atoms with E-state index in [0.717, 1.165) is 39.0 Å². The van der Waals surface area contributed by atoms with Crippen molar-refractivity contribution in [2.24, 2.45) is 0 Å². The Labute approximate surface area is 312 Å². The van der Waals surface area contributed by atoms with Crippen molar-refractivity contribution in [3.05, 3.63) is 200 Å². The van der Waals surface area contributed by atoms with Gasteiger partial charge >= 0.3 is 0 Å². The zero-order valence-corrected chi connectivity index (χ0v) is 29.4. The van der Waals surface area contributed by atoms with Crippen LogP contribution in [0, 0.1) is 0 Å². The third-order valence-corrected chi connectivity index (χ3v) is 11.0. The van der Waals surface area contributed by atoms with Crippen LogP contribution in [0.3, 0.4) is 0 Å². The molecule has 1 aromatic heterocycles. The van der Waals surface area contributed by atoms with E-state index < -0.39 is 0 Å². The van der Waals surface area contributed by atoms with Gasteiger partial charge in [0.1, 0.15) is 11.2 Å². The lowest BCUT2D eigenvalue weighted by atomic mass is 9.94. The average Bonchev–Trinajstić information content (AvgIpc) is 3.63. The van der Waals surface area contributed by atoms with E-state index in [1.165, 1.54) is 65.3 Å². The topological polar surface area (TPSA) is 16.4 Å². The van der Waals surface area contributed by atoms with Crippen molar-refractivity contribution in [3.8, 4) is 22.3 Å². The van der Waals surface area contributed by atoms with Crippen LogP contribution in [0.25, 0.3) is 87.3 Å². The summed E-state index contributed by atoms with van der Waals surface area (Å²) in [7, 11) is 0. The zero-order chi connectivity index (χ0) is 35.6. The Kier molecular flexibility index (Phi) is 6.90. The molecule has 0 fully saturated rings. The van der Waals surface area contributed by atoms with Gasteiger partial charge in [-0.15, -0.1) is 0 Å². The maximum Gasteiger partial charge on any atom is 0.137 e. The Morgan fingerprint density at radius 2 is 0.833 bits per heavy atom. The monoisotopic (exact) mass is 687 g/mol. The number of fused-ring (bicyclic) bond motifs is 10. The predicted octanol–water partition coefficient (Wildman–Crippen LogP) is 15.0. The van der Waals surface area contributed by atoms with E-state index in [0.29, 0.717) is 0 Å². The summed E-state index contributed by atoms with van der Waals surface area (Å²) in [5, 5.41) is 12.3. The molecule has 0 saturated carbocycles. The summed E-state index contributed by atoms with van der Waals surface area (Å²) in [6, 6.07) is 72.2. The van der Waals surface area contributed by atoms with Crippen molar-refractivity contribution in [1.82, 2.24) is 0 Å². The Bertz CT molecular complexity index is 3210. The van der Waals surface area contributed by atoms with Crippen LogP contribution in [0.15, 0.2) is 205 Å². The molecule has 252 valence electrons. The van der Waals surface area contributed by atoms with Gasteiger partial charge in [-0.05, 0) is 114 Å². The number of benzene rings is 10. The largest absolute Gasteiger partial charge is 0.456 e. The van der Waals surface area contributed by atoms with Crippen molar-refractivity contribution >= 4 is 82.1 Å². The normalized spacial score (nSPS) is 11.7. The zero-order valence-electron chi connectivity index (χ0n) is 29.4. The number of rotatable bonds is 5. The summed E-state index contributed by atoms with van der Waals surface area (Å²) in [6.45, 7) is 0. The number of anilines is 3. The Morgan fingerprint density at radius 1 is 0.278 bits per heavy atom. The van der Waals surface area contributed by atoms with Gasteiger partial charge in [0.05, 0.1) is 0 Å². The minimum absolute atomic E-state index is 0.871. The molecule has 0 spiro atoms. The summed E-state index contributed by atoms with van der Waals surface area (Å²) in [5.74, 6) is 0. The minimum Gasteiger partial charge on any atom is -0.456 e. The summed E-state index contributed by atoms with van der Waals surface area (Å²) in [6.07, 6.45) is 0. The first-order valence-electron chi connectivity index (χ1n) is 18.5. The van der Waals surface area contributed by atoms with Crippen LogP contribution in [0.2, 0.25) is 0 Å². The van der Waals surface area contributed by atoms with Gasteiger partial charge in [0.25, 0.3) is 0 Å². The van der Waals surface area contributed by atoms with Crippen molar-refractivity contribution in [1.29, 1.82) is 0 Å². The summed E-state index contributed by atoms with van der Waals surface area (Å²) in [4.78, 5) is 2.33.